The van der Waals surface area contributed by atoms with Gasteiger partial charge in [0.25, 0.3) is 0 Å². The van der Waals surface area contributed by atoms with Gasteiger partial charge in [-0.05, 0) is 49.2 Å². The molecule has 3 rings (SSSR count). The standard InChI is InChI=1S/C16H11F6N/c1-7-3-9-10-4-8(2)12(16(20,21)22)6-14(10)23-13(9)5-11(7)15(17,18)19/h3-6,23H,1-2H3. The third-order valence-corrected chi connectivity index (χ3v) is 3.90. The first-order chi connectivity index (χ1) is 10.5. The Morgan fingerprint density at radius 1 is 0.652 bits per heavy atom. The van der Waals surface area contributed by atoms with Crippen LogP contribution in [0.15, 0.2) is 24.3 Å². The largest absolute Gasteiger partial charge is 0.416 e. The summed E-state index contributed by atoms with van der Waals surface area (Å²) < 4.78 is 77.7. The van der Waals surface area contributed by atoms with Gasteiger partial charge in [0.05, 0.1) is 11.1 Å². The van der Waals surface area contributed by atoms with Gasteiger partial charge in [-0.3, -0.25) is 0 Å². The fourth-order valence-electron chi connectivity index (χ4n) is 2.82. The molecule has 0 radical (unpaired) electrons. The highest BCUT2D eigenvalue weighted by atomic mass is 19.4. The Morgan fingerprint density at radius 2 is 1.00 bits per heavy atom. The second-order valence-electron chi connectivity index (χ2n) is 5.55. The van der Waals surface area contributed by atoms with E-state index >= 15 is 0 Å². The Balaban J connectivity index is 2.35. The summed E-state index contributed by atoms with van der Waals surface area (Å²) in [5.41, 5.74) is -1.21. The first-order valence-corrected chi connectivity index (χ1v) is 6.69. The number of hydrogen-bond donors (Lipinski definition) is 1. The van der Waals surface area contributed by atoms with Crippen LogP contribution in [0.3, 0.4) is 0 Å². The molecule has 7 heteroatoms. The second-order valence-corrected chi connectivity index (χ2v) is 5.55. The number of rotatable bonds is 0. The van der Waals surface area contributed by atoms with Crippen molar-refractivity contribution in [2.24, 2.45) is 0 Å². The second kappa shape index (κ2) is 4.66. The number of hydrogen-bond acceptors (Lipinski definition) is 0. The Kier molecular flexibility index (Phi) is 3.18. The molecule has 0 aliphatic heterocycles. The number of fused-ring (bicyclic) bond motifs is 3. The maximum absolute atomic E-state index is 13.0. The molecule has 23 heavy (non-hydrogen) atoms. The first-order valence-electron chi connectivity index (χ1n) is 6.69. The molecule has 1 aromatic heterocycles. The number of benzene rings is 2. The fraction of sp³-hybridized carbons (Fsp3) is 0.250. The monoisotopic (exact) mass is 331 g/mol. The molecule has 3 aromatic rings. The molecule has 0 saturated heterocycles. The minimum atomic E-state index is -4.51. The molecule has 0 fully saturated rings. The average molecular weight is 331 g/mol. The zero-order chi connectivity index (χ0) is 17.2. The summed E-state index contributed by atoms with van der Waals surface area (Å²) in [7, 11) is 0. The predicted octanol–water partition coefficient (Wildman–Crippen LogP) is 5.98. The molecule has 2 aromatic carbocycles. The Labute approximate surface area is 126 Å². The van der Waals surface area contributed by atoms with E-state index in [1.807, 2.05) is 0 Å². The fourth-order valence-corrected chi connectivity index (χ4v) is 2.82. The molecule has 0 bridgehead atoms. The Morgan fingerprint density at radius 3 is 1.30 bits per heavy atom. The van der Waals surface area contributed by atoms with Gasteiger partial charge in [0.1, 0.15) is 0 Å². The van der Waals surface area contributed by atoms with Crippen LogP contribution >= 0.6 is 0 Å². The molecule has 1 N–H and O–H groups in total. The summed E-state index contributed by atoms with van der Waals surface area (Å²) >= 11 is 0. The van der Waals surface area contributed by atoms with Crippen LogP contribution in [0, 0.1) is 13.8 Å². The lowest BCUT2D eigenvalue weighted by atomic mass is 10.0. The lowest BCUT2D eigenvalue weighted by Gasteiger charge is -2.10. The van der Waals surface area contributed by atoms with Crippen LogP contribution < -0.4 is 0 Å². The van der Waals surface area contributed by atoms with E-state index in [2.05, 4.69) is 4.98 Å². The summed E-state index contributed by atoms with van der Waals surface area (Å²) in [6, 6.07) is 4.58. The number of aromatic nitrogens is 1. The van der Waals surface area contributed by atoms with E-state index in [-0.39, 0.29) is 22.2 Å². The van der Waals surface area contributed by atoms with Crippen LogP contribution in [0.1, 0.15) is 22.3 Å². The number of H-pyrrole nitrogens is 1. The number of aryl methyl sites for hydroxylation is 2. The quantitative estimate of drug-likeness (QED) is 0.488. The number of nitrogens with one attached hydrogen (secondary N) is 1. The van der Waals surface area contributed by atoms with E-state index in [9.17, 15) is 26.3 Å². The third-order valence-electron chi connectivity index (χ3n) is 3.90. The van der Waals surface area contributed by atoms with Gasteiger partial charge >= 0.3 is 12.4 Å². The zero-order valence-corrected chi connectivity index (χ0v) is 12.1. The first kappa shape index (κ1) is 15.7. The van der Waals surface area contributed by atoms with Gasteiger partial charge in [-0.15, -0.1) is 0 Å². The van der Waals surface area contributed by atoms with E-state index in [1.165, 1.54) is 26.0 Å². The van der Waals surface area contributed by atoms with Crippen molar-refractivity contribution in [3.05, 3.63) is 46.5 Å². The molecule has 0 atom stereocenters. The lowest BCUT2D eigenvalue weighted by molar-refractivity contribution is -0.138. The van der Waals surface area contributed by atoms with Crippen LogP contribution in [-0.4, -0.2) is 4.98 Å². The van der Waals surface area contributed by atoms with Crippen LogP contribution in [0.2, 0.25) is 0 Å². The van der Waals surface area contributed by atoms with E-state index in [4.69, 9.17) is 0 Å². The molecular weight excluding hydrogens is 320 g/mol. The summed E-state index contributed by atoms with van der Waals surface area (Å²) in [4.78, 5) is 2.66. The van der Waals surface area contributed by atoms with E-state index in [0.717, 1.165) is 12.1 Å². The summed E-state index contributed by atoms with van der Waals surface area (Å²) in [5.74, 6) is 0. The molecule has 0 aliphatic carbocycles. The van der Waals surface area contributed by atoms with Crippen LogP contribution in [0.4, 0.5) is 26.3 Å². The highest BCUT2D eigenvalue weighted by Crippen LogP contribution is 2.39. The molecule has 0 aliphatic rings. The van der Waals surface area contributed by atoms with Gasteiger partial charge < -0.3 is 4.98 Å². The summed E-state index contributed by atoms with van der Waals surface area (Å²) in [6.07, 6.45) is -9.02. The van der Waals surface area contributed by atoms with Gasteiger partial charge in [0.15, 0.2) is 0 Å². The Hall–Kier alpha value is -2.18. The van der Waals surface area contributed by atoms with Crippen molar-refractivity contribution in [3.8, 4) is 0 Å². The Bertz CT molecular complexity index is 840. The molecular formula is C16H11F6N. The van der Waals surface area contributed by atoms with Crippen LogP contribution in [-0.2, 0) is 12.4 Å². The predicted molar refractivity (Wildman–Crippen MR) is 75.3 cm³/mol. The van der Waals surface area contributed by atoms with Crippen LogP contribution in [0.25, 0.3) is 21.8 Å². The lowest BCUT2D eigenvalue weighted by Crippen LogP contribution is -2.07. The van der Waals surface area contributed by atoms with Crippen LogP contribution in [0.5, 0.6) is 0 Å². The molecule has 1 nitrogen and oxygen atoms in total. The van der Waals surface area contributed by atoms with Crippen molar-refractivity contribution in [3.63, 3.8) is 0 Å². The normalized spacial score (nSPS) is 13.2. The minimum Gasteiger partial charge on any atom is -0.354 e. The number of aromatic amines is 1. The minimum absolute atomic E-state index is 0.0310. The van der Waals surface area contributed by atoms with Crippen molar-refractivity contribution >= 4 is 21.8 Å². The van der Waals surface area contributed by atoms with E-state index in [1.54, 1.807) is 0 Å². The molecule has 122 valence electrons. The molecule has 0 spiro atoms. The summed E-state index contributed by atoms with van der Waals surface area (Å²) in [5, 5.41) is 0.949. The van der Waals surface area contributed by atoms with Crippen molar-refractivity contribution in [1.82, 2.24) is 4.98 Å². The van der Waals surface area contributed by atoms with E-state index in [0.29, 0.717) is 10.8 Å². The smallest absolute Gasteiger partial charge is 0.354 e. The highest BCUT2D eigenvalue weighted by molar-refractivity contribution is 6.08. The van der Waals surface area contributed by atoms with Crippen molar-refractivity contribution in [2.75, 3.05) is 0 Å². The molecule has 0 amide bonds. The van der Waals surface area contributed by atoms with Gasteiger partial charge in [0, 0.05) is 21.8 Å². The number of halogens is 6. The zero-order valence-electron chi connectivity index (χ0n) is 12.1. The summed E-state index contributed by atoms with van der Waals surface area (Å²) in [6.45, 7) is 2.66. The average Bonchev–Trinajstić information content (AvgIpc) is 2.72. The van der Waals surface area contributed by atoms with Crippen molar-refractivity contribution < 1.29 is 26.3 Å². The molecule has 1 heterocycles. The molecule has 0 saturated carbocycles. The maximum atomic E-state index is 13.0. The topological polar surface area (TPSA) is 15.8 Å². The van der Waals surface area contributed by atoms with E-state index < -0.39 is 23.5 Å². The SMILES string of the molecule is Cc1cc2c(cc1C(F)(F)F)[nH]c1cc(C(F)(F)F)c(C)cc12. The third kappa shape index (κ3) is 2.54. The van der Waals surface area contributed by atoms with Gasteiger partial charge in [-0.1, -0.05) is 0 Å². The highest BCUT2D eigenvalue weighted by Gasteiger charge is 2.34. The molecule has 0 unspecified atom stereocenters. The maximum Gasteiger partial charge on any atom is 0.416 e. The van der Waals surface area contributed by atoms with Gasteiger partial charge in [-0.2, -0.15) is 26.3 Å². The van der Waals surface area contributed by atoms with Crippen molar-refractivity contribution in [2.45, 2.75) is 26.2 Å². The van der Waals surface area contributed by atoms with Gasteiger partial charge in [-0.25, -0.2) is 0 Å². The van der Waals surface area contributed by atoms with Crippen molar-refractivity contribution in [1.29, 1.82) is 0 Å². The number of alkyl halides is 6. The van der Waals surface area contributed by atoms with Gasteiger partial charge in [0.2, 0.25) is 0 Å².